The summed E-state index contributed by atoms with van der Waals surface area (Å²) in [6.07, 6.45) is 0. The van der Waals surface area contributed by atoms with Gasteiger partial charge < -0.3 is 15.1 Å². The highest BCUT2D eigenvalue weighted by Crippen LogP contribution is 2.26. The smallest absolute Gasteiger partial charge is 0.256 e. The Morgan fingerprint density at radius 3 is 2.83 bits per heavy atom. The number of anilines is 1. The molecule has 0 saturated heterocycles. The van der Waals surface area contributed by atoms with Crippen LogP contribution in [-0.4, -0.2) is 76.0 Å². The van der Waals surface area contributed by atoms with Crippen molar-refractivity contribution < 1.29 is 9.59 Å². The van der Waals surface area contributed by atoms with E-state index in [0.717, 1.165) is 0 Å². The van der Waals surface area contributed by atoms with Gasteiger partial charge in [0.25, 0.3) is 5.91 Å². The Bertz CT molecular complexity index is 727. The molecule has 9 nitrogen and oxygen atoms in total. The maximum absolute atomic E-state index is 12.7. The van der Waals surface area contributed by atoms with Gasteiger partial charge in [0.05, 0.1) is 11.3 Å². The fourth-order valence-corrected chi connectivity index (χ4v) is 2.36. The van der Waals surface area contributed by atoms with Crippen molar-refractivity contribution in [3.63, 3.8) is 0 Å². The molecule has 0 bridgehead atoms. The van der Waals surface area contributed by atoms with E-state index in [9.17, 15) is 9.59 Å². The molecule has 1 aromatic carbocycles. The van der Waals surface area contributed by atoms with Crippen LogP contribution in [-0.2, 0) is 4.79 Å². The molecule has 2 amide bonds. The molecular weight excluding hydrogens is 298 g/mol. The minimum atomic E-state index is -0.221. The SMILES string of the molecule is CN(C)CCN1CC(=O)Nc2cc(-c3nn[nH]n3)ccc2C1=O. The largest absolute Gasteiger partial charge is 0.328 e. The van der Waals surface area contributed by atoms with E-state index in [4.69, 9.17) is 0 Å². The third kappa shape index (κ3) is 3.19. The normalized spacial score (nSPS) is 14.7. The molecule has 0 fully saturated rings. The Kier molecular flexibility index (Phi) is 4.02. The average molecular weight is 315 g/mol. The maximum atomic E-state index is 12.7. The highest BCUT2D eigenvalue weighted by atomic mass is 16.2. The summed E-state index contributed by atoms with van der Waals surface area (Å²) in [5, 5.41) is 16.5. The first kappa shape index (κ1) is 15.1. The number of aromatic amines is 1. The van der Waals surface area contributed by atoms with Crippen LogP contribution >= 0.6 is 0 Å². The number of fused-ring (bicyclic) bond motifs is 1. The molecule has 0 atom stereocenters. The molecule has 2 aromatic rings. The maximum Gasteiger partial charge on any atom is 0.256 e. The summed E-state index contributed by atoms with van der Waals surface area (Å²) in [5.41, 5.74) is 1.60. The van der Waals surface area contributed by atoms with Gasteiger partial charge in [-0.3, -0.25) is 9.59 Å². The summed E-state index contributed by atoms with van der Waals surface area (Å²) in [6.45, 7) is 1.22. The van der Waals surface area contributed by atoms with E-state index in [0.29, 0.717) is 35.7 Å². The zero-order valence-electron chi connectivity index (χ0n) is 12.9. The van der Waals surface area contributed by atoms with Gasteiger partial charge in [-0.25, -0.2) is 0 Å². The minimum Gasteiger partial charge on any atom is -0.328 e. The number of tetrazole rings is 1. The zero-order chi connectivity index (χ0) is 16.4. The Labute approximate surface area is 132 Å². The number of rotatable bonds is 4. The number of carbonyl (C=O) groups is 2. The number of H-pyrrole nitrogens is 1. The van der Waals surface area contributed by atoms with E-state index in [2.05, 4.69) is 25.9 Å². The summed E-state index contributed by atoms with van der Waals surface area (Å²) in [4.78, 5) is 28.3. The molecule has 9 heteroatoms. The Balaban J connectivity index is 1.92. The Morgan fingerprint density at radius 2 is 2.13 bits per heavy atom. The van der Waals surface area contributed by atoms with E-state index in [1.165, 1.54) is 0 Å². The molecule has 2 N–H and O–H groups in total. The van der Waals surface area contributed by atoms with E-state index >= 15 is 0 Å². The number of hydrogen-bond acceptors (Lipinski definition) is 6. The Hall–Kier alpha value is -2.81. The van der Waals surface area contributed by atoms with Crippen molar-refractivity contribution in [2.24, 2.45) is 0 Å². The molecule has 0 radical (unpaired) electrons. The van der Waals surface area contributed by atoms with E-state index in [1.807, 2.05) is 19.0 Å². The fraction of sp³-hybridized carbons (Fsp3) is 0.357. The molecular formula is C14H17N7O2. The van der Waals surface area contributed by atoms with Crippen LogP contribution < -0.4 is 5.32 Å². The molecule has 3 rings (SSSR count). The summed E-state index contributed by atoms with van der Waals surface area (Å²) in [6, 6.07) is 5.10. The molecule has 120 valence electrons. The molecule has 0 aliphatic carbocycles. The van der Waals surface area contributed by atoms with Crippen molar-refractivity contribution in [2.45, 2.75) is 0 Å². The van der Waals surface area contributed by atoms with Crippen molar-refractivity contribution in [3.05, 3.63) is 23.8 Å². The molecule has 0 saturated carbocycles. The molecule has 0 unspecified atom stereocenters. The van der Waals surface area contributed by atoms with Crippen LogP contribution in [0.2, 0.25) is 0 Å². The van der Waals surface area contributed by atoms with Gasteiger partial charge in [0.2, 0.25) is 11.7 Å². The van der Waals surface area contributed by atoms with Crippen molar-refractivity contribution >= 4 is 17.5 Å². The Morgan fingerprint density at radius 1 is 1.30 bits per heavy atom. The van der Waals surface area contributed by atoms with Crippen LogP contribution in [0.5, 0.6) is 0 Å². The first-order valence-electron chi connectivity index (χ1n) is 7.16. The first-order valence-corrected chi connectivity index (χ1v) is 7.16. The number of nitrogens with zero attached hydrogens (tertiary/aromatic N) is 5. The summed E-state index contributed by atoms with van der Waals surface area (Å²) in [5.74, 6) is 0.0178. The predicted molar refractivity (Wildman–Crippen MR) is 82.7 cm³/mol. The second kappa shape index (κ2) is 6.13. The predicted octanol–water partition coefficient (Wildman–Crippen LogP) is -0.177. The van der Waals surface area contributed by atoms with Gasteiger partial charge in [-0.15, -0.1) is 10.2 Å². The van der Waals surface area contributed by atoms with Gasteiger partial charge >= 0.3 is 0 Å². The quantitative estimate of drug-likeness (QED) is 0.810. The number of aromatic nitrogens is 4. The summed E-state index contributed by atoms with van der Waals surface area (Å²) < 4.78 is 0. The monoisotopic (exact) mass is 315 g/mol. The van der Waals surface area contributed by atoms with E-state index < -0.39 is 0 Å². The third-order valence-electron chi connectivity index (χ3n) is 3.57. The lowest BCUT2D eigenvalue weighted by Crippen LogP contribution is -2.39. The molecule has 0 spiro atoms. The van der Waals surface area contributed by atoms with Crippen molar-refractivity contribution in [3.8, 4) is 11.4 Å². The zero-order valence-corrected chi connectivity index (χ0v) is 12.9. The van der Waals surface area contributed by atoms with Gasteiger partial charge in [0.1, 0.15) is 6.54 Å². The van der Waals surface area contributed by atoms with Crippen LogP contribution in [0.15, 0.2) is 18.2 Å². The number of nitrogens with one attached hydrogen (secondary N) is 2. The number of amides is 2. The second-order valence-electron chi connectivity index (χ2n) is 5.57. The lowest BCUT2D eigenvalue weighted by atomic mass is 10.1. The van der Waals surface area contributed by atoms with Crippen molar-refractivity contribution in [2.75, 3.05) is 39.0 Å². The summed E-state index contributed by atoms with van der Waals surface area (Å²) in [7, 11) is 3.85. The fourth-order valence-electron chi connectivity index (χ4n) is 2.36. The third-order valence-corrected chi connectivity index (χ3v) is 3.57. The molecule has 23 heavy (non-hydrogen) atoms. The van der Waals surface area contributed by atoms with Gasteiger partial charge in [-0.2, -0.15) is 5.21 Å². The van der Waals surface area contributed by atoms with E-state index in [-0.39, 0.29) is 18.4 Å². The highest BCUT2D eigenvalue weighted by molar-refractivity contribution is 6.09. The topological polar surface area (TPSA) is 107 Å². The lowest BCUT2D eigenvalue weighted by Gasteiger charge is -2.21. The van der Waals surface area contributed by atoms with Crippen LogP contribution in [0.1, 0.15) is 10.4 Å². The number of likely N-dealkylation sites (N-methyl/N-ethyl adjacent to an activating group) is 1. The minimum absolute atomic E-state index is 0.0406. The second-order valence-corrected chi connectivity index (χ2v) is 5.57. The van der Waals surface area contributed by atoms with Crippen LogP contribution in [0.3, 0.4) is 0 Å². The van der Waals surface area contributed by atoms with Crippen molar-refractivity contribution in [1.29, 1.82) is 0 Å². The van der Waals surface area contributed by atoms with Gasteiger partial charge in [-0.1, -0.05) is 6.07 Å². The molecule has 2 heterocycles. The van der Waals surface area contributed by atoms with E-state index in [1.54, 1.807) is 23.1 Å². The molecule has 1 aliphatic heterocycles. The van der Waals surface area contributed by atoms with Crippen LogP contribution in [0, 0.1) is 0 Å². The first-order chi connectivity index (χ1) is 11.0. The molecule has 1 aliphatic rings. The summed E-state index contributed by atoms with van der Waals surface area (Å²) >= 11 is 0. The highest BCUT2D eigenvalue weighted by Gasteiger charge is 2.26. The molecule has 1 aromatic heterocycles. The number of carbonyl (C=O) groups excluding carboxylic acids is 2. The van der Waals surface area contributed by atoms with Gasteiger partial charge in [0.15, 0.2) is 0 Å². The van der Waals surface area contributed by atoms with Crippen LogP contribution in [0.4, 0.5) is 5.69 Å². The van der Waals surface area contributed by atoms with Gasteiger partial charge in [-0.05, 0) is 31.4 Å². The standard InChI is InChI=1S/C14H17N7O2/c1-20(2)5-6-21-8-12(22)15-11-7-9(13-16-18-19-17-13)3-4-10(11)14(21)23/h3-4,7H,5-6,8H2,1-2H3,(H,15,22)(H,16,17,18,19). The lowest BCUT2D eigenvalue weighted by molar-refractivity contribution is -0.116. The number of benzene rings is 1. The van der Waals surface area contributed by atoms with Gasteiger partial charge in [0, 0.05) is 18.7 Å². The average Bonchev–Trinajstić information content (AvgIpc) is 3.01. The number of hydrogen-bond donors (Lipinski definition) is 2. The van der Waals surface area contributed by atoms with Crippen LogP contribution in [0.25, 0.3) is 11.4 Å². The van der Waals surface area contributed by atoms with Crippen molar-refractivity contribution in [1.82, 2.24) is 30.4 Å².